The van der Waals surface area contributed by atoms with Crippen LogP contribution < -0.4 is 5.56 Å². The third-order valence-corrected chi connectivity index (χ3v) is 4.11. The quantitative estimate of drug-likeness (QED) is 0.704. The van der Waals surface area contributed by atoms with Gasteiger partial charge in [0.2, 0.25) is 0 Å². The van der Waals surface area contributed by atoms with Gasteiger partial charge in [0, 0.05) is 7.05 Å². The summed E-state index contributed by atoms with van der Waals surface area (Å²) in [4.78, 5) is 12.4. The molecule has 106 valence electrons. The van der Waals surface area contributed by atoms with Crippen molar-refractivity contribution in [1.29, 1.82) is 0 Å². The molecule has 0 atom stereocenters. The molecule has 0 saturated heterocycles. The van der Waals surface area contributed by atoms with Crippen LogP contribution in [0.25, 0.3) is 11.0 Å². The Labute approximate surface area is 121 Å². The summed E-state index contributed by atoms with van der Waals surface area (Å²) in [5.41, 5.74) is 4.30. The first kappa shape index (κ1) is 12.3. The molecule has 1 aliphatic rings. The number of fused-ring (bicyclic) bond motifs is 2. The number of nitrogens with zero attached hydrogens (tertiary/aromatic N) is 5. The van der Waals surface area contributed by atoms with E-state index in [-0.39, 0.29) is 5.56 Å². The average Bonchev–Trinajstić information content (AvgIpc) is 3.09. The van der Waals surface area contributed by atoms with Crippen molar-refractivity contribution in [2.75, 3.05) is 0 Å². The van der Waals surface area contributed by atoms with Crippen molar-refractivity contribution in [1.82, 2.24) is 24.8 Å². The molecule has 3 aromatic rings. The van der Waals surface area contributed by atoms with E-state index < -0.39 is 0 Å². The molecule has 0 aliphatic heterocycles. The van der Waals surface area contributed by atoms with Gasteiger partial charge < -0.3 is 0 Å². The SMILES string of the molecule is Cn1ncc2c(=O)n(Cc3ccc4c(c3)CCC4)nnc21. The number of aryl methyl sites for hydroxylation is 3. The Morgan fingerprint density at radius 1 is 1.24 bits per heavy atom. The van der Waals surface area contributed by atoms with Crippen molar-refractivity contribution in [3.05, 3.63) is 51.4 Å². The molecule has 1 aromatic carbocycles. The second-order valence-corrected chi connectivity index (χ2v) is 5.51. The van der Waals surface area contributed by atoms with Crippen LogP contribution in [0.2, 0.25) is 0 Å². The molecule has 0 radical (unpaired) electrons. The summed E-state index contributed by atoms with van der Waals surface area (Å²) < 4.78 is 2.96. The highest BCUT2D eigenvalue weighted by Crippen LogP contribution is 2.22. The van der Waals surface area contributed by atoms with E-state index >= 15 is 0 Å². The molecule has 4 rings (SSSR count). The summed E-state index contributed by atoms with van der Waals surface area (Å²) in [6.07, 6.45) is 5.06. The summed E-state index contributed by atoms with van der Waals surface area (Å²) in [7, 11) is 1.75. The molecule has 0 bridgehead atoms. The van der Waals surface area contributed by atoms with Crippen molar-refractivity contribution >= 4 is 11.0 Å². The third kappa shape index (κ3) is 1.94. The van der Waals surface area contributed by atoms with Crippen LogP contribution in [0.15, 0.2) is 29.2 Å². The van der Waals surface area contributed by atoms with Crippen molar-refractivity contribution in [2.45, 2.75) is 25.8 Å². The number of hydrogen-bond acceptors (Lipinski definition) is 4. The van der Waals surface area contributed by atoms with Crippen LogP contribution in [-0.4, -0.2) is 24.8 Å². The van der Waals surface area contributed by atoms with Gasteiger partial charge in [-0.3, -0.25) is 4.79 Å². The van der Waals surface area contributed by atoms with E-state index in [0.29, 0.717) is 17.6 Å². The number of aromatic nitrogens is 5. The fraction of sp³-hybridized carbons (Fsp3) is 0.333. The lowest BCUT2D eigenvalue weighted by atomic mass is 10.1. The maximum atomic E-state index is 12.4. The van der Waals surface area contributed by atoms with Crippen molar-refractivity contribution in [3.8, 4) is 0 Å². The van der Waals surface area contributed by atoms with E-state index in [1.807, 2.05) is 0 Å². The summed E-state index contributed by atoms with van der Waals surface area (Å²) >= 11 is 0. The average molecular weight is 281 g/mol. The van der Waals surface area contributed by atoms with Crippen LogP contribution in [0, 0.1) is 0 Å². The zero-order valence-corrected chi connectivity index (χ0v) is 11.8. The molecule has 6 nitrogen and oxygen atoms in total. The standard InChI is InChI=1S/C15H15N5O/c1-19-14-13(8-16-19)15(21)20(18-17-14)9-10-5-6-11-3-2-4-12(11)7-10/h5-8H,2-4,9H2,1H3. The van der Waals surface area contributed by atoms with Gasteiger partial charge in [-0.25, -0.2) is 9.36 Å². The Hall–Kier alpha value is -2.50. The largest absolute Gasteiger partial charge is 0.281 e. The fourth-order valence-corrected chi connectivity index (χ4v) is 2.98. The second-order valence-electron chi connectivity index (χ2n) is 5.51. The van der Waals surface area contributed by atoms with Crippen LogP contribution in [0.5, 0.6) is 0 Å². The minimum Gasteiger partial charge on any atom is -0.267 e. The predicted octanol–water partition coefficient (Wildman–Crippen LogP) is 1.06. The lowest BCUT2D eigenvalue weighted by molar-refractivity contribution is 0.595. The monoisotopic (exact) mass is 281 g/mol. The van der Waals surface area contributed by atoms with Crippen LogP contribution in [-0.2, 0) is 26.4 Å². The summed E-state index contributed by atoms with van der Waals surface area (Å²) in [6.45, 7) is 0.448. The van der Waals surface area contributed by atoms with Crippen LogP contribution in [0.1, 0.15) is 23.1 Å². The van der Waals surface area contributed by atoms with Gasteiger partial charge in [0.25, 0.3) is 5.56 Å². The lowest BCUT2D eigenvalue weighted by Crippen LogP contribution is -2.24. The van der Waals surface area contributed by atoms with Gasteiger partial charge in [-0.15, -0.1) is 5.10 Å². The molecule has 0 fully saturated rings. The van der Waals surface area contributed by atoms with Gasteiger partial charge in [0.05, 0.1) is 12.7 Å². The topological polar surface area (TPSA) is 65.6 Å². The van der Waals surface area contributed by atoms with E-state index in [1.54, 1.807) is 17.9 Å². The highest BCUT2D eigenvalue weighted by molar-refractivity contribution is 5.72. The van der Waals surface area contributed by atoms with Crippen LogP contribution in [0.4, 0.5) is 0 Å². The zero-order chi connectivity index (χ0) is 14.4. The second kappa shape index (κ2) is 4.51. The smallest absolute Gasteiger partial charge is 0.267 e. The van der Waals surface area contributed by atoms with E-state index in [4.69, 9.17) is 0 Å². The molecule has 0 amide bonds. The maximum absolute atomic E-state index is 12.4. The van der Waals surface area contributed by atoms with Crippen molar-refractivity contribution in [3.63, 3.8) is 0 Å². The molecule has 21 heavy (non-hydrogen) atoms. The Balaban J connectivity index is 1.74. The van der Waals surface area contributed by atoms with E-state index in [9.17, 15) is 4.79 Å². The van der Waals surface area contributed by atoms with Gasteiger partial charge in [0.1, 0.15) is 5.39 Å². The summed E-state index contributed by atoms with van der Waals surface area (Å²) in [5, 5.41) is 12.7. The third-order valence-electron chi connectivity index (χ3n) is 4.11. The van der Waals surface area contributed by atoms with Gasteiger partial charge >= 0.3 is 0 Å². The first-order valence-corrected chi connectivity index (χ1v) is 7.08. The number of rotatable bonds is 2. The first-order valence-electron chi connectivity index (χ1n) is 7.08. The molecule has 2 aromatic heterocycles. The zero-order valence-electron chi connectivity index (χ0n) is 11.8. The van der Waals surface area contributed by atoms with Gasteiger partial charge in [-0.1, -0.05) is 23.4 Å². The highest BCUT2D eigenvalue weighted by Gasteiger charge is 2.13. The Kier molecular flexibility index (Phi) is 2.63. The Morgan fingerprint density at radius 2 is 2.10 bits per heavy atom. The molecule has 0 spiro atoms. The summed E-state index contributed by atoms with van der Waals surface area (Å²) in [6, 6.07) is 6.42. The Morgan fingerprint density at radius 3 is 3.00 bits per heavy atom. The molecular formula is C15H15N5O. The maximum Gasteiger partial charge on any atom is 0.281 e. The predicted molar refractivity (Wildman–Crippen MR) is 78.1 cm³/mol. The molecule has 6 heteroatoms. The van der Waals surface area contributed by atoms with E-state index in [0.717, 1.165) is 18.4 Å². The van der Waals surface area contributed by atoms with Crippen molar-refractivity contribution in [2.24, 2.45) is 7.05 Å². The minimum absolute atomic E-state index is 0.145. The van der Waals surface area contributed by atoms with E-state index in [2.05, 4.69) is 33.6 Å². The van der Waals surface area contributed by atoms with Crippen LogP contribution >= 0.6 is 0 Å². The van der Waals surface area contributed by atoms with Gasteiger partial charge in [-0.05, 0) is 36.0 Å². The molecule has 0 N–H and O–H groups in total. The molecule has 0 unspecified atom stereocenters. The minimum atomic E-state index is -0.145. The van der Waals surface area contributed by atoms with Gasteiger partial charge in [0.15, 0.2) is 5.65 Å². The highest BCUT2D eigenvalue weighted by atomic mass is 16.1. The number of benzene rings is 1. The fourth-order valence-electron chi connectivity index (χ4n) is 2.98. The molecule has 0 saturated carbocycles. The van der Waals surface area contributed by atoms with E-state index in [1.165, 1.54) is 22.2 Å². The molecule has 1 aliphatic carbocycles. The molecule has 2 heterocycles. The van der Waals surface area contributed by atoms with Crippen LogP contribution in [0.3, 0.4) is 0 Å². The van der Waals surface area contributed by atoms with Crippen molar-refractivity contribution < 1.29 is 0 Å². The lowest BCUT2D eigenvalue weighted by Gasteiger charge is -2.06. The normalized spacial score (nSPS) is 13.8. The number of hydrogen-bond donors (Lipinski definition) is 0. The summed E-state index contributed by atoms with van der Waals surface area (Å²) in [5.74, 6) is 0. The van der Waals surface area contributed by atoms with Gasteiger partial charge in [-0.2, -0.15) is 5.10 Å². The molecular weight excluding hydrogens is 266 g/mol. The first-order chi connectivity index (χ1) is 10.2. The Bertz CT molecular complexity index is 893.